The highest BCUT2D eigenvalue weighted by Crippen LogP contribution is 2.49. The Balaban J connectivity index is 1.36. The highest BCUT2D eigenvalue weighted by molar-refractivity contribution is 6.32. The normalized spacial score (nSPS) is 18.4. The van der Waals surface area contributed by atoms with Gasteiger partial charge in [-0.25, -0.2) is 32.7 Å². The number of amides is 3. The first kappa shape index (κ1) is 45.5. The highest BCUT2D eigenvalue weighted by Gasteiger charge is 2.65. The van der Waals surface area contributed by atoms with Gasteiger partial charge in [-0.1, -0.05) is 93.0 Å². The average molecular weight is 918 g/mol. The quantitative estimate of drug-likeness (QED) is 0.110. The summed E-state index contributed by atoms with van der Waals surface area (Å²) in [6.07, 6.45) is -8.18. The number of guanidine groups is 1. The van der Waals surface area contributed by atoms with Gasteiger partial charge >= 0.3 is 24.9 Å². The molecule has 1 aliphatic carbocycles. The number of carbonyl (C=O) groups excluding carboxylic acids is 3. The van der Waals surface area contributed by atoms with E-state index in [4.69, 9.17) is 21.1 Å². The van der Waals surface area contributed by atoms with Gasteiger partial charge in [0.1, 0.15) is 30.6 Å². The van der Waals surface area contributed by atoms with Crippen molar-refractivity contribution >= 4 is 35.7 Å². The molecular formula is C42H39ClF7N9O5. The second-order valence-corrected chi connectivity index (χ2v) is 16.8. The third-order valence-electron chi connectivity index (χ3n) is 10.5. The van der Waals surface area contributed by atoms with Gasteiger partial charge in [0.25, 0.3) is 12.3 Å². The summed E-state index contributed by atoms with van der Waals surface area (Å²) >= 11 is 6.51. The number of benzene rings is 3. The number of aromatic nitrogens is 5. The summed E-state index contributed by atoms with van der Waals surface area (Å²) in [7, 11) is 0. The van der Waals surface area contributed by atoms with Crippen molar-refractivity contribution < 1.29 is 54.6 Å². The smallest absolute Gasteiger partial charge is 0.437 e. The largest absolute Gasteiger partial charge is 0.447 e. The van der Waals surface area contributed by atoms with Crippen LogP contribution in [0.25, 0.3) is 16.8 Å². The Bertz CT molecular complexity index is 2540. The Morgan fingerprint density at radius 1 is 0.953 bits per heavy atom. The van der Waals surface area contributed by atoms with Gasteiger partial charge in [0.2, 0.25) is 5.96 Å². The number of rotatable bonds is 13. The minimum atomic E-state index is -4.81. The van der Waals surface area contributed by atoms with Crippen LogP contribution >= 0.6 is 11.6 Å². The van der Waals surface area contributed by atoms with Crippen LogP contribution in [0.4, 0.5) is 40.3 Å². The molecular weight excluding hydrogens is 879 g/mol. The van der Waals surface area contributed by atoms with Crippen LogP contribution in [0.1, 0.15) is 81.6 Å². The fraction of sp³-hybridized carbons (Fsp3) is 0.357. The molecule has 2 atom stereocenters. The molecule has 0 spiro atoms. The highest BCUT2D eigenvalue weighted by atomic mass is 35.5. The summed E-state index contributed by atoms with van der Waals surface area (Å²) in [5.41, 5.74) is -3.49. The number of ether oxygens (including phenoxy) is 2. The molecule has 0 radical (unpaired) electrons. The van der Waals surface area contributed by atoms with Gasteiger partial charge in [-0.2, -0.15) is 32.1 Å². The molecule has 2 fully saturated rings. The van der Waals surface area contributed by atoms with Crippen LogP contribution in [0.5, 0.6) is 0 Å². The minimum Gasteiger partial charge on any atom is -0.447 e. The fourth-order valence-corrected chi connectivity index (χ4v) is 7.56. The summed E-state index contributed by atoms with van der Waals surface area (Å²) in [4.78, 5) is 51.1. The number of nitrogens with one attached hydrogen (secondary N) is 2. The van der Waals surface area contributed by atoms with Crippen molar-refractivity contribution in [3.05, 3.63) is 119 Å². The molecule has 0 unspecified atom stereocenters. The maximum Gasteiger partial charge on any atom is 0.437 e. The molecule has 2 aromatic heterocycles. The van der Waals surface area contributed by atoms with Gasteiger partial charge in [0.05, 0.1) is 22.9 Å². The number of alkyl halides is 7. The number of carbonyl (C=O) groups is 3. The second-order valence-electron chi connectivity index (χ2n) is 16.3. The number of hydrogen-bond acceptors (Lipinski definition) is 8. The third kappa shape index (κ3) is 9.53. The number of aliphatic imine (C=N–C) groups is 1. The lowest BCUT2D eigenvalue weighted by molar-refractivity contribution is -0.164. The van der Waals surface area contributed by atoms with Crippen LogP contribution in [0.3, 0.4) is 0 Å². The predicted molar refractivity (Wildman–Crippen MR) is 215 cm³/mol. The maximum atomic E-state index is 15.5. The lowest BCUT2D eigenvalue weighted by Gasteiger charge is -2.35. The Kier molecular flexibility index (Phi) is 12.5. The third-order valence-corrected chi connectivity index (χ3v) is 10.8. The molecule has 338 valence electrons. The zero-order chi connectivity index (χ0) is 46.2. The van der Waals surface area contributed by atoms with Crippen molar-refractivity contribution in [3.8, 4) is 16.8 Å². The Morgan fingerprint density at radius 2 is 1.66 bits per heavy atom. The van der Waals surface area contributed by atoms with Gasteiger partial charge in [-0.05, 0) is 59.1 Å². The summed E-state index contributed by atoms with van der Waals surface area (Å²) in [6, 6.07) is 17.1. The molecule has 64 heavy (non-hydrogen) atoms. The summed E-state index contributed by atoms with van der Waals surface area (Å²) in [5, 5.41) is 12.5. The number of nitrogens with zero attached hydrogens (tertiary/aromatic N) is 7. The van der Waals surface area contributed by atoms with Crippen LogP contribution in [-0.4, -0.2) is 71.8 Å². The molecule has 2 aliphatic rings. The van der Waals surface area contributed by atoms with E-state index < -0.39 is 91.0 Å². The van der Waals surface area contributed by atoms with Crippen LogP contribution < -0.4 is 10.6 Å². The van der Waals surface area contributed by atoms with Crippen molar-refractivity contribution in [2.24, 2.45) is 10.4 Å². The maximum absolute atomic E-state index is 15.5. The first-order valence-electron chi connectivity index (χ1n) is 19.5. The van der Waals surface area contributed by atoms with E-state index in [-0.39, 0.29) is 29.3 Å². The van der Waals surface area contributed by atoms with Crippen LogP contribution in [0.15, 0.2) is 96.5 Å². The molecule has 0 bridgehead atoms. The monoisotopic (exact) mass is 917 g/mol. The fourth-order valence-electron chi connectivity index (χ4n) is 7.36. The molecule has 3 heterocycles. The van der Waals surface area contributed by atoms with Crippen molar-refractivity contribution in [1.82, 2.24) is 40.1 Å². The molecule has 22 heteroatoms. The topological polar surface area (TPSA) is 158 Å². The Labute approximate surface area is 365 Å². The molecule has 5 aromatic rings. The van der Waals surface area contributed by atoms with Gasteiger partial charge in [-0.15, -0.1) is 4.99 Å². The minimum absolute atomic E-state index is 0.0123. The van der Waals surface area contributed by atoms with E-state index >= 15 is 4.79 Å². The second kappa shape index (κ2) is 17.6. The molecule has 2 N–H and O–H groups in total. The first-order chi connectivity index (χ1) is 30.2. The van der Waals surface area contributed by atoms with Crippen molar-refractivity contribution in [2.75, 3.05) is 6.61 Å². The molecule has 1 saturated carbocycles. The average Bonchev–Trinajstić information content (AvgIpc) is 3.53. The van der Waals surface area contributed by atoms with Crippen molar-refractivity contribution in [2.45, 2.75) is 82.9 Å². The van der Waals surface area contributed by atoms with Crippen LogP contribution in [0, 0.1) is 5.41 Å². The van der Waals surface area contributed by atoms with Crippen LogP contribution in [0.2, 0.25) is 5.02 Å². The van der Waals surface area contributed by atoms with Crippen molar-refractivity contribution in [3.63, 3.8) is 0 Å². The zero-order valence-corrected chi connectivity index (χ0v) is 34.9. The Hall–Kier alpha value is -6.51. The molecule has 1 aliphatic heterocycles. The lowest BCUT2D eigenvalue weighted by atomic mass is 9.75. The standard InChI is InChI=1S/C42H39ClF7N9O5/c1-39(2,3)22-41(28-12-9-25(10-13-28)27-18-52-57(19-27)35(46)47)34(60)58(36(55-41)54-37(61)63-20-24-7-5-4-6-8-24)31(21-64-38(62)56-40(15-16-40)42(48,49)50)26-11-14-29(43)30(17-26)59-33(32(44)45)51-23-53-59/h4-14,17-19,23,31-32,35H,15-16,20-22H2,1-3H3,(H,56,62)(H,54,55,61)/t31-,41-/m1/s1. The summed E-state index contributed by atoms with van der Waals surface area (Å²) < 4.78 is 109. The van der Waals surface area contributed by atoms with Gasteiger partial charge in [-0.3, -0.25) is 9.69 Å². The van der Waals surface area contributed by atoms with E-state index in [0.717, 1.165) is 22.1 Å². The molecule has 1 saturated heterocycles. The summed E-state index contributed by atoms with van der Waals surface area (Å²) in [6.45, 7) is 1.47. The Morgan fingerprint density at radius 3 is 2.27 bits per heavy atom. The van der Waals surface area contributed by atoms with Gasteiger partial charge in [0.15, 0.2) is 5.82 Å². The predicted octanol–water partition coefficient (Wildman–Crippen LogP) is 9.44. The van der Waals surface area contributed by atoms with Crippen molar-refractivity contribution in [1.29, 1.82) is 0 Å². The van der Waals surface area contributed by atoms with E-state index in [2.05, 4.69) is 25.5 Å². The van der Waals surface area contributed by atoms with Gasteiger partial charge < -0.3 is 20.1 Å². The van der Waals surface area contributed by atoms with E-state index in [1.54, 1.807) is 54.6 Å². The van der Waals surface area contributed by atoms with E-state index in [1.807, 2.05) is 26.1 Å². The van der Waals surface area contributed by atoms with Gasteiger partial charge in [0, 0.05) is 11.8 Å². The number of halogens is 8. The zero-order valence-electron chi connectivity index (χ0n) is 34.1. The van der Waals surface area contributed by atoms with Crippen LogP contribution in [-0.2, 0) is 26.4 Å². The number of hydrogen-bond donors (Lipinski definition) is 2. The van der Waals surface area contributed by atoms with E-state index in [1.165, 1.54) is 24.4 Å². The van der Waals surface area contributed by atoms with E-state index in [9.17, 15) is 40.3 Å². The molecule has 14 nitrogen and oxygen atoms in total. The number of alkyl carbamates (subject to hydrolysis) is 1. The first-order valence-corrected chi connectivity index (χ1v) is 19.9. The molecule has 7 rings (SSSR count). The summed E-state index contributed by atoms with van der Waals surface area (Å²) in [5.74, 6) is -2.04. The SMILES string of the molecule is CC(C)(C)C[C@]1(c2ccc(-c3cnn(C(F)F)c3)cc2)NC(=NC(=O)OCc2ccccc2)N([C@H](COC(=O)NC2(C(F)(F)F)CC2)c2ccc(Cl)c(-n3ncnc3C(F)F)c2)C1=O. The molecule has 3 aromatic carbocycles. The lowest BCUT2D eigenvalue weighted by Crippen LogP contribution is -2.49. The van der Waals surface area contributed by atoms with E-state index in [0.29, 0.717) is 26.9 Å². The molecule has 3 amide bonds.